The molecule has 20 heavy (non-hydrogen) atoms. The Hall–Kier alpha value is -2.38. The lowest BCUT2D eigenvalue weighted by molar-refractivity contribution is 0.0981. The molecule has 0 fully saturated rings. The van der Waals surface area contributed by atoms with Gasteiger partial charge >= 0.3 is 0 Å². The zero-order chi connectivity index (χ0) is 15.0. The molecule has 0 bridgehead atoms. The lowest BCUT2D eigenvalue weighted by Gasteiger charge is -2.18. The summed E-state index contributed by atoms with van der Waals surface area (Å²) < 4.78 is 54.5. The van der Waals surface area contributed by atoms with Crippen LogP contribution in [-0.2, 0) is 7.05 Å². The molecule has 0 N–H and O–H groups in total. The molecular weight excluding hydrogens is 278 g/mol. The third-order valence-electron chi connectivity index (χ3n) is 2.77. The van der Waals surface area contributed by atoms with Gasteiger partial charge < -0.3 is 0 Å². The van der Waals surface area contributed by atoms with E-state index in [1.54, 1.807) is 0 Å². The summed E-state index contributed by atoms with van der Waals surface area (Å²) in [6.07, 6.45) is 1.36. The summed E-state index contributed by atoms with van der Waals surface area (Å²) >= 11 is 0. The Morgan fingerprint density at radius 3 is 2.20 bits per heavy atom. The highest BCUT2D eigenvalue weighted by Crippen LogP contribution is 2.22. The summed E-state index contributed by atoms with van der Waals surface area (Å²) in [5, 5.41) is 3.78. The maximum absolute atomic E-state index is 13.5. The van der Waals surface area contributed by atoms with E-state index >= 15 is 0 Å². The summed E-state index contributed by atoms with van der Waals surface area (Å²) in [6.45, 7) is 0. The second kappa shape index (κ2) is 4.95. The molecule has 0 aliphatic heterocycles. The number of hydrogen-bond acceptors (Lipinski definition) is 2. The fourth-order valence-corrected chi connectivity index (χ4v) is 1.73. The van der Waals surface area contributed by atoms with E-state index in [4.69, 9.17) is 0 Å². The van der Waals surface area contributed by atoms with Crippen molar-refractivity contribution in [2.75, 3.05) is 11.9 Å². The minimum absolute atomic E-state index is 0.0471. The molecule has 0 aliphatic carbocycles. The molecule has 1 aromatic carbocycles. The molecule has 0 saturated heterocycles. The van der Waals surface area contributed by atoms with Crippen LogP contribution in [0.5, 0.6) is 0 Å². The molecule has 0 radical (unpaired) electrons. The van der Waals surface area contributed by atoms with Crippen molar-refractivity contribution in [2.24, 2.45) is 7.05 Å². The van der Waals surface area contributed by atoms with Gasteiger partial charge in [0.25, 0.3) is 5.91 Å². The number of aromatic nitrogens is 2. The Labute approximate surface area is 111 Å². The molecule has 106 valence electrons. The first-order chi connectivity index (χ1) is 9.34. The third-order valence-corrected chi connectivity index (χ3v) is 2.77. The summed E-state index contributed by atoms with van der Waals surface area (Å²) in [5.41, 5.74) is -1.29. The molecule has 1 aromatic heterocycles. The summed E-state index contributed by atoms with van der Waals surface area (Å²) in [5.74, 6) is -7.75. The fourth-order valence-electron chi connectivity index (χ4n) is 1.73. The average Bonchev–Trinajstić information content (AvgIpc) is 2.82. The van der Waals surface area contributed by atoms with Gasteiger partial charge in [0.15, 0.2) is 23.3 Å². The van der Waals surface area contributed by atoms with E-state index in [2.05, 4.69) is 5.10 Å². The molecule has 0 spiro atoms. The molecule has 1 heterocycles. The number of rotatable bonds is 2. The summed E-state index contributed by atoms with van der Waals surface area (Å²) in [4.78, 5) is 12.9. The fraction of sp³-hybridized carbons (Fsp3) is 0.167. The van der Waals surface area contributed by atoms with Gasteiger partial charge in [0, 0.05) is 26.2 Å². The van der Waals surface area contributed by atoms with Crippen molar-refractivity contribution in [3.05, 3.63) is 47.2 Å². The molecule has 8 heteroatoms. The van der Waals surface area contributed by atoms with Gasteiger partial charge in [-0.25, -0.2) is 17.6 Å². The van der Waals surface area contributed by atoms with Crippen molar-refractivity contribution in [2.45, 2.75) is 0 Å². The number of anilines is 1. The van der Waals surface area contributed by atoms with Crippen LogP contribution in [0.2, 0.25) is 0 Å². The lowest BCUT2D eigenvalue weighted by Crippen LogP contribution is -2.30. The predicted octanol–water partition coefficient (Wildman–Crippen LogP) is 2.25. The van der Waals surface area contributed by atoms with Gasteiger partial charge in [0.05, 0.1) is 6.20 Å². The molecule has 2 rings (SSSR count). The van der Waals surface area contributed by atoms with Crippen molar-refractivity contribution in [1.29, 1.82) is 0 Å². The van der Waals surface area contributed by atoms with E-state index in [0.717, 1.165) is 4.90 Å². The van der Waals surface area contributed by atoms with Crippen LogP contribution in [-0.4, -0.2) is 22.7 Å². The van der Waals surface area contributed by atoms with Gasteiger partial charge in [-0.05, 0) is 0 Å². The van der Waals surface area contributed by atoms with E-state index < -0.39 is 34.7 Å². The number of hydrogen-bond donors (Lipinski definition) is 0. The van der Waals surface area contributed by atoms with Gasteiger partial charge in [-0.2, -0.15) is 5.10 Å². The minimum atomic E-state index is -1.73. The molecule has 0 aliphatic rings. The zero-order valence-corrected chi connectivity index (χ0v) is 10.5. The Kier molecular flexibility index (Phi) is 3.47. The normalized spacial score (nSPS) is 10.7. The lowest BCUT2D eigenvalue weighted by atomic mass is 10.1. The van der Waals surface area contributed by atoms with Gasteiger partial charge in [0.1, 0.15) is 11.4 Å². The largest absolute Gasteiger partial charge is 0.296 e. The van der Waals surface area contributed by atoms with Crippen molar-refractivity contribution in [1.82, 2.24) is 9.78 Å². The minimum Gasteiger partial charge on any atom is -0.296 e. The first-order valence-corrected chi connectivity index (χ1v) is 5.43. The number of carbonyl (C=O) groups is 1. The van der Waals surface area contributed by atoms with E-state index in [1.807, 2.05) is 0 Å². The maximum Gasteiger partial charge on any atom is 0.265 e. The maximum atomic E-state index is 13.5. The van der Waals surface area contributed by atoms with E-state index in [9.17, 15) is 22.4 Å². The molecule has 0 atom stereocenters. The van der Waals surface area contributed by atoms with E-state index in [1.165, 1.54) is 31.0 Å². The molecular formula is C12H9F4N3O. The highest BCUT2D eigenvalue weighted by atomic mass is 19.2. The SMILES string of the molecule is CN(C(=O)c1c(F)c(F)cc(F)c1F)c1ccnn1C. The second-order valence-electron chi connectivity index (χ2n) is 4.02. The Morgan fingerprint density at radius 2 is 1.75 bits per heavy atom. The summed E-state index contributed by atoms with van der Waals surface area (Å²) in [7, 11) is 2.71. The van der Waals surface area contributed by atoms with Gasteiger partial charge in [-0.15, -0.1) is 0 Å². The van der Waals surface area contributed by atoms with Crippen LogP contribution in [0.4, 0.5) is 23.4 Å². The van der Waals surface area contributed by atoms with Gasteiger partial charge in [-0.1, -0.05) is 0 Å². The third kappa shape index (κ3) is 2.13. The Morgan fingerprint density at radius 1 is 1.20 bits per heavy atom. The van der Waals surface area contributed by atoms with Crippen molar-refractivity contribution in [3.63, 3.8) is 0 Å². The Balaban J connectivity index is 2.52. The predicted molar refractivity (Wildman–Crippen MR) is 62.2 cm³/mol. The molecule has 0 unspecified atom stereocenters. The number of nitrogens with zero attached hydrogens (tertiary/aromatic N) is 3. The van der Waals surface area contributed by atoms with Crippen LogP contribution < -0.4 is 4.90 Å². The smallest absolute Gasteiger partial charge is 0.265 e. The monoisotopic (exact) mass is 287 g/mol. The van der Waals surface area contributed by atoms with Crippen LogP contribution in [0.1, 0.15) is 10.4 Å². The summed E-state index contributed by atoms with van der Waals surface area (Å²) in [6, 6.07) is 1.45. The van der Waals surface area contributed by atoms with E-state index in [0.29, 0.717) is 0 Å². The number of carbonyl (C=O) groups excluding carboxylic acids is 1. The first-order valence-electron chi connectivity index (χ1n) is 5.43. The zero-order valence-electron chi connectivity index (χ0n) is 10.5. The quantitative estimate of drug-likeness (QED) is 0.627. The molecule has 1 amide bonds. The standard InChI is InChI=1S/C12H9F4N3O/c1-18(8-3-4-17-19(8)2)12(20)9-10(15)6(13)5-7(14)11(9)16/h3-5H,1-2H3. The molecule has 2 aromatic rings. The molecule has 0 saturated carbocycles. The van der Waals surface area contributed by atoms with Crippen molar-refractivity contribution >= 4 is 11.7 Å². The second-order valence-corrected chi connectivity index (χ2v) is 4.02. The van der Waals surface area contributed by atoms with Crippen LogP contribution >= 0.6 is 0 Å². The van der Waals surface area contributed by atoms with Crippen LogP contribution in [0, 0.1) is 23.3 Å². The van der Waals surface area contributed by atoms with Gasteiger partial charge in [0.2, 0.25) is 0 Å². The van der Waals surface area contributed by atoms with Crippen LogP contribution in [0.15, 0.2) is 18.3 Å². The number of aryl methyl sites for hydroxylation is 1. The van der Waals surface area contributed by atoms with Crippen LogP contribution in [0.25, 0.3) is 0 Å². The van der Waals surface area contributed by atoms with Gasteiger partial charge in [-0.3, -0.25) is 14.4 Å². The van der Waals surface area contributed by atoms with E-state index in [-0.39, 0.29) is 11.9 Å². The number of benzene rings is 1. The van der Waals surface area contributed by atoms with Crippen molar-refractivity contribution in [3.8, 4) is 0 Å². The topological polar surface area (TPSA) is 38.1 Å². The molecule has 4 nitrogen and oxygen atoms in total. The highest BCUT2D eigenvalue weighted by Gasteiger charge is 2.28. The Bertz CT molecular complexity index is 657. The number of halogens is 4. The first kappa shape index (κ1) is 14.0. The average molecular weight is 287 g/mol. The number of amides is 1. The van der Waals surface area contributed by atoms with Crippen molar-refractivity contribution < 1.29 is 22.4 Å². The van der Waals surface area contributed by atoms with Crippen LogP contribution in [0.3, 0.4) is 0 Å². The highest BCUT2D eigenvalue weighted by molar-refractivity contribution is 6.05.